The van der Waals surface area contributed by atoms with E-state index in [1.165, 1.54) is 6.07 Å². The number of carboxylic acid groups (broad SMARTS) is 1. The van der Waals surface area contributed by atoms with Crippen molar-refractivity contribution in [3.8, 4) is 5.75 Å². The van der Waals surface area contributed by atoms with Crippen LogP contribution in [0, 0.1) is 0 Å². The molecular formula is C10H7BrO4. The molecule has 0 aliphatic carbocycles. The summed E-state index contributed by atoms with van der Waals surface area (Å²) >= 11 is 3.25. The molecule has 0 bridgehead atoms. The molecule has 0 spiro atoms. The van der Waals surface area contributed by atoms with Gasteiger partial charge in [-0.2, -0.15) is 0 Å². The van der Waals surface area contributed by atoms with Gasteiger partial charge in [0.2, 0.25) is 0 Å². The summed E-state index contributed by atoms with van der Waals surface area (Å²) in [6.07, 6.45) is 0.703. The van der Waals surface area contributed by atoms with Crippen LogP contribution in [0.3, 0.4) is 0 Å². The number of hydrogen-bond acceptors (Lipinski definition) is 3. The van der Waals surface area contributed by atoms with Crippen LogP contribution in [0.25, 0.3) is 0 Å². The van der Waals surface area contributed by atoms with Gasteiger partial charge in [0.25, 0.3) is 5.78 Å². The number of aliphatic carboxylic acids is 1. The molecule has 0 unspecified atom stereocenters. The number of carbonyl (C=O) groups excluding carboxylic acids is 1. The number of ketones is 1. The van der Waals surface area contributed by atoms with Crippen LogP contribution in [0.2, 0.25) is 0 Å². The van der Waals surface area contributed by atoms with Gasteiger partial charge in [-0.15, -0.1) is 0 Å². The summed E-state index contributed by atoms with van der Waals surface area (Å²) in [5.74, 6) is -1.64. The van der Waals surface area contributed by atoms with E-state index in [0.29, 0.717) is 23.2 Å². The van der Waals surface area contributed by atoms with E-state index in [9.17, 15) is 9.59 Å². The summed E-state index contributed by atoms with van der Waals surface area (Å²) in [6, 6.07) is 3.05. The van der Waals surface area contributed by atoms with Gasteiger partial charge in [-0.1, -0.05) is 0 Å². The zero-order valence-corrected chi connectivity index (χ0v) is 9.20. The van der Waals surface area contributed by atoms with E-state index in [1.54, 1.807) is 6.07 Å². The lowest BCUT2D eigenvalue weighted by Crippen LogP contribution is -2.12. The Morgan fingerprint density at radius 1 is 1.40 bits per heavy atom. The number of carbonyl (C=O) groups is 2. The Labute approximate surface area is 94.0 Å². The average molecular weight is 271 g/mol. The van der Waals surface area contributed by atoms with Crippen molar-refractivity contribution in [1.29, 1.82) is 0 Å². The van der Waals surface area contributed by atoms with Gasteiger partial charge in [0.15, 0.2) is 0 Å². The summed E-state index contributed by atoms with van der Waals surface area (Å²) in [6.45, 7) is 0.568. The van der Waals surface area contributed by atoms with Crippen LogP contribution >= 0.6 is 15.9 Å². The van der Waals surface area contributed by atoms with Gasteiger partial charge in [-0.25, -0.2) is 4.79 Å². The summed E-state index contributed by atoms with van der Waals surface area (Å²) in [5, 5.41) is 8.58. The number of carboxylic acids is 1. The Hall–Kier alpha value is -1.36. The first kappa shape index (κ1) is 10.2. The second-order valence-electron chi connectivity index (χ2n) is 3.18. The third kappa shape index (κ3) is 1.74. The fourth-order valence-corrected chi connectivity index (χ4v) is 2.13. The number of hydrogen-bond donors (Lipinski definition) is 1. The second-order valence-corrected chi connectivity index (χ2v) is 4.03. The molecule has 0 radical (unpaired) electrons. The fourth-order valence-electron chi connectivity index (χ4n) is 1.52. The van der Waals surface area contributed by atoms with Gasteiger partial charge in [-0.05, 0) is 33.6 Å². The van der Waals surface area contributed by atoms with E-state index >= 15 is 0 Å². The van der Waals surface area contributed by atoms with Crippen molar-refractivity contribution in [3.63, 3.8) is 0 Å². The van der Waals surface area contributed by atoms with E-state index in [2.05, 4.69) is 15.9 Å². The van der Waals surface area contributed by atoms with E-state index < -0.39 is 11.8 Å². The molecule has 1 heterocycles. The first-order valence-corrected chi connectivity index (χ1v) is 5.11. The lowest BCUT2D eigenvalue weighted by Gasteiger charge is -2.04. The largest absolute Gasteiger partial charge is 0.492 e. The lowest BCUT2D eigenvalue weighted by atomic mass is 10.1. The first-order valence-electron chi connectivity index (χ1n) is 4.32. The number of rotatable bonds is 2. The van der Waals surface area contributed by atoms with Crippen LogP contribution in [0.4, 0.5) is 0 Å². The van der Waals surface area contributed by atoms with Crippen LogP contribution in [-0.2, 0) is 11.2 Å². The highest BCUT2D eigenvalue weighted by molar-refractivity contribution is 9.10. The zero-order chi connectivity index (χ0) is 11.0. The summed E-state index contributed by atoms with van der Waals surface area (Å²) in [5.41, 5.74) is 1.05. The molecule has 0 aromatic heterocycles. The first-order chi connectivity index (χ1) is 7.09. The molecule has 1 aliphatic heterocycles. The normalized spacial score (nSPS) is 13.1. The molecule has 1 N–H and O–H groups in total. The number of fused-ring (bicyclic) bond motifs is 1. The van der Waals surface area contributed by atoms with Gasteiger partial charge in [0.05, 0.1) is 11.1 Å². The summed E-state index contributed by atoms with van der Waals surface area (Å²) < 4.78 is 5.95. The van der Waals surface area contributed by atoms with Crippen molar-refractivity contribution in [2.24, 2.45) is 0 Å². The number of Topliss-reactive ketones (excluding diaryl/α,β-unsaturated/α-hetero) is 1. The summed E-state index contributed by atoms with van der Waals surface area (Å²) in [7, 11) is 0. The van der Waals surface area contributed by atoms with Crippen LogP contribution in [0.15, 0.2) is 16.6 Å². The number of halogens is 1. The van der Waals surface area contributed by atoms with Gasteiger partial charge in [0, 0.05) is 12.0 Å². The zero-order valence-electron chi connectivity index (χ0n) is 7.62. The smallest absolute Gasteiger partial charge is 0.377 e. The minimum absolute atomic E-state index is 0.179. The Morgan fingerprint density at radius 3 is 2.80 bits per heavy atom. The molecular weight excluding hydrogens is 264 g/mol. The standard InChI is InChI=1S/C10H7BrO4/c11-7-4-6(8(12)10(13)14)3-5-1-2-15-9(5)7/h3-4H,1-2H2,(H,13,14). The highest BCUT2D eigenvalue weighted by atomic mass is 79.9. The van der Waals surface area contributed by atoms with Gasteiger partial charge in [-0.3, -0.25) is 4.79 Å². The highest BCUT2D eigenvalue weighted by Gasteiger charge is 2.21. The Kier molecular flexibility index (Phi) is 2.48. The average Bonchev–Trinajstić information content (AvgIpc) is 2.64. The third-order valence-corrected chi connectivity index (χ3v) is 2.78. The van der Waals surface area contributed by atoms with Crippen molar-refractivity contribution in [3.05, 3.63) is 27.7 Å². The molecule has 0 atom stereocenters. The highest BCUT2D eigenvalue weighted by Crippen LogP contribution is 2.34. The molecule has 1 aromatic rings. The minimum atomic E-state index is -1.44. The van der Waals surface area contributed by atoms with E-state index in [0.717, 1.165) is 5.56 Å². The van der Waals surface area contributed by atoms with Crippen molar-refractivity contribution in [1.82, 2.24) is 0 Å². The Balaban J connectivity index is 2.48. The SMILES string of the molecule is O=C(O)C(=O)c1cc(Br)c2c(c1)CCO2. The fraction of sp³-hybridized carbons (Fsp3) is 0.200. The van der Waals surface area contributed by atoms with Crippen molar-refractivity contribution in [2.45, 2.75) is 6.42 Å². The van der Waals surface area contributed by atoms with Crippen molar-refractivity contribution < 1.29 is 19.4 Å². The molecule has 0 saturated carbocycles. The molecule has 1 aromatic carbocycles. The monoisotopic (exact) mass is 270 g/mol. The van der Waals surface area contributed by atoms with Crippen molar-refractivity contribution in [2.75, 3.05) is 6.61 Å². The maximum atomic E-state index is 11.2. The molecule has 2 rings (SSSR count). The van der Waals surface area contributed by atoms with Gasteiger partial charge < -0.3 is 9.84 Å². The van der Waals surface area contributed by atoms with Crippen LogP contribution in [0.5, 0.6) is 5.75 Å². The molecule has 0 saturated heterocycles. The lowest BCUT2D eigenvalue weighted by molar-refractivity contribution is -0.131. The molecule has 15 heavy (non-hydrogen) atoms. The maximum Gasteiger partial charge on any atom is 0.377 e. The van der Waals surface area contributed by atoms with Crippen LogP contribution in [-0.4, -0.2) is 23.5 Å². The molecule has 0 amide bonds. The third-order valence-electron chi connectivity index (χ3n) is 2.19. The quantitative estimate of drug-likeness (QED) is 0.656. The molecule has 4 nitrogen and oxygen atoms in total. The van der Waals surface area contributed by atoms with Crippen LogP contribution < -0.4 is 4.74 Å². The van der Waals surface area contributed by atoms with Gasteiger partial charge in [0.1, 0.15) is 5.75 Å². The van der Waals surface area contributed by atoms with Crippen molar-refractivity contribution >= 4 is 27.7 Å². The molecule has 78 valence electrons. The maximum absolute atomic E-state index is 11.2. The predicted molar refractivity (Wildman–Crippen MR) is 55.3 cm³/mol. The number of ether oxygens (including phenoxy) is 1. The van der Waals surface area contributed by atoms with E-state index in [1.807, 2.05) is 0 Å². The molecule has 5 heteroatoms. The summed E-state index contributed by atoms with van der Waals surface area (Å²) in [4.78, 5) is 21.8. The molecule has 0 fully saturated rings. The van der Waals surface area contributed by atoms with Gasteiger partial charge >= 0.3 is 5.97 Å². The van der Waals surface area contributed by atoms with E-state index in [4.69, 9.17) is 9.84 Å². The molecule has 1 aliphatic rings. The Bertz CT molecular complexity index is 453. The van der Waals surface area contributed by atoms with Crippen LogP contribution in [0.1, 0.15) is 15.9 Å². The van der Waals surface area contributed by atoms with E-state index in [-0.39, 0.29) is 5.56 Å². The minimum Gasteiger partial charge on any atom is -0.492 e. The predicted octanol–water partition coefficient (Wildman–Crippen LogP) is 1.65. The number of benzene rings is 1. The topological polar surface area (TPSA) is 63.6 Å². The second kappa shape index (κ2) is 3.66. The Morgan fingerprint density at radius 2 is 2.13 bits per heavy atom.